The standard InChI is InChI=1S/C23H40N4O.HI/c1-5-27(6-2)18-21-11-9-20(10-12-21)17-25-22(24-3)26-19-23(15-16-28-4)13-7-8-14-23;/h9-12H,5-8,13-19H2,1-4H3,(H2,24,25,26);1H. The molecular weight excluding hydrogens is 475 g/mol. The Bertz CT molecular complexity index is 581. The van der Waals surface area contributed by atoms with Crippen LogP contribution in [0.3, 0.4) is 0 Å². The summed E-state index contributed by atoms with van der Waals surface area (Å²) in [4.78, 5) is 6.84. The van der Waals surface area contributed by atoms with Crippen LogP contribution in [0.2, 0.25) is 0 Å². The number of ether oxygens (including phenoxy) is 1. The molecule has 2 N–H and O–H groups in total. The highest BCUT2D eigenvalue weighted by molar-refractivity contribution is 14.0. The molecular formula is C23H41IN4O. The van der Waals surface area contributed by atoms with Crippen LogP contribution in [0.25, 0.3) is 0 Å². The number of hydrogen-bond acceptors (Lipinski definition) is 3. The predicted molar refractivity (Wildman–Crippen MR) is 134 cm³/mol. The minimum absolute atomic E-state index is 0. The molecule has 1 saturated carbocycles. The highest BCUT2D eigenvalue weighted by Gasteiger charge is 2.33. The number of hydrogen-bond donors (Lipinski definition) is 2. The van der Waals surface area contributed by atoms with Gasteiger partial charge in [-0.1, -0.05) is 51.0 Å². The number of nitrogens with one attached hydrogen (secondary N) is 2. The molecule has 0 atom stereocenters. The van der Waals surface area contributed by atoms with Gasteiger partial charge in [-0.15, -0.1) is 24.0 Å². The second-order valence-electron chi connectivity index (χ2n) is 8.01. The molecule has 2 rings (SSSR count). The van der Waals surface area contributed by atoms with Gasteiger partial charge in [0.25, 0.3) is 0 Å². The van der Waals surface area contributed by atoms with E-state index in [9.17, 15) is 0 Å². The highest BCUT2D eigenvalue weighted by atomic mass is 127. The quantitative estimate of drug-likeness (QED) is 0.260. The zero-order valence-electron chi connectivity index (χ0n) is 18.8. The largest absolute Gasteiger partial charge is 0.385 e. The first-order valence-electron chi connectivity index (χ1n) is 10.9. The summed E-state index contributed by atoms with van der Waals surface area (Å²) >= 11 is 0. The van der Waals surface area contributed by atoms with E-state index in [1.165, 1.54) is 36.8 Å². The molecule has 0 saturated heterocycles. The number of aliphatic imine (C=N–C) groups is 1. The van der Waals surface area contributed by atoms with Crippen molar-refractivity contribution in [1.82, 2.24) is 15.5 Å². The van der Waals surface area contributed by atoms with Crippen LogP contribution < -0.4 is 10.6 Å². The van der Waals surface area contributed by atoms with Crippen LogP contribution in [-0.2, 0) is 17.8 Å². The third kappa shape index (κ3) is 8.80. The molecule has 0 bridgehead atoms. The molecule has 6 heteroatoms. The lowest BCUT2D eigenvalue weighted by molar-refractivity contribution is 0.138. The van der Waals surface area contributed by atoms with Crippen molar-refractivity contribution in [2.45, 2.75) is 59.0 Å². The predicted octanol–water partition coefficient (Wildman–Crippen LogP) is 4.41. The third-order valence-electron chi connectivity index (χ3n) is 6.14. The summed E-state index contributed by atoms with van der Waals surface area (Å²) in [5.74, 6) is 0.885. The normalized spacial score (nSPS) is 16.0. The summed E-state index contributed by atoms with van der Waals surface area (Å²) in [6.07, 6.45) is 6.36. The molecule has 0 aliphatic heterocycles. The van der Waals surface area contributed by atoms with E-state index in [4.69, 9.17) is 4.74 Å². The van der Waals surface area contributed by atoms with Crippen molar-refractivity contribution in [3.63, 3.8) is 0 Å². The molecule has 166 valence electrons. The topological polar surface area (TPSA) is 48.9 Å². The first-order valence-corrected chi connectivity index (χ1v) is 10.9. The molecule has 29 heavy (non-hydrogen) atoms. The number of guanidine groups is 1. The van der Waals surface area contributed by atoms with Crippen molar-refractivity contribution in [1.29, 1.82) is 0 Å². The van der Waals surface area contributed by atoms with E-state index in [0.29, 0.717) is 5.41 Å². The Morgan fingerprint density at radius 1 is 1.07 bits per heavy atom. The molecule has 1 aliphatic carbocycles. The monoisotopic (exact) mass is 516 g/mol. The SMILES string of the molecule is CCN(CC)Cc1ccc(CNC(=NC)NCC2(CCOC)CCCC2)cc1.I. The lowest BCUT2D eigenvalue weighted by Crippen LogP contribution is -2.43. The second-order valence-corrected chi connectivity index (χ2v) is 8.01. The van der Waals surface area contributed by atoms with Gasteiger partial charge in [0.2, 0.25) is 0 Å². The Morgan fingerprint density at radius 2 is 1.69 bits per heavy atom. The van der Waals surface area contributed by atoms with Gasteiger partial charge < -0.3 is 15.4 Å². The fourth-order valence-electron chi connectivity index (χ4n) is 4.10. The summed E-state index contributed by atoms with van der Waals surface area (Å²) in [6, 6.07) is 8.92. The molecule has 5 nitrogen and oxygen atoms in total. The number of rotatable bonds is 11. The number of methoxy groups -OCH3 is 1. The van der Waals surface area contributed by atoms with Crippen LogP contribution in [0.4, 0.5) is 0 Å². The van der Waals surface area contributed by atoms with E-state index in [-0.39, 0.29) is 24.0 Å². The van der Waals surface area contributed by atoms with E-state index < -0.39 is 0 Å². The van der Waals surface area contributed by atoms with E-state index in [2.05, 4.69) is 58.6 Å². The van der Waals surface area contributed by atoms with Gasteiger partial charge in [-0.25, -0.2) is 0 Å². The molecule has 0 radical (unpaired) electrons. The van der Waals surface area contributed by atoms with Gasteiger partial charge in [-0.3, -0.25) is 9.89 Å². The molecule has 1 aromatic carbocycles. The van der Waals surface area contributed by atoms with Gasteiger partial charge in [-0.05, 0) is 48.9 Å². The van der Waals surface area contributed by atoms with Gasteiger partial charge in [-0.2, -0.15) is 0 Å². The summed E-state index contributed by atoms with van der Waals surface area (Å²) in [5.41, 5.74) is 3.01. The van der Waals surface area contributed by atoms with Crippen LogP contribution in [-0.4, -0.2) is 51.3 Å². The summed E-state index contributed by atoms with van der Waals surface area (Å²) < 4.78 is 5.34. The Morgan fingerprint density at radius 3 is 2.24 bits per heavy atom. The molecule has 1 fully saturated rings. The van der Waals surface area contributed by atoms with Crippen molar-refractivity contribution in [3.05, 3.63) is 35.4 Å². The average Bonchev–Trinajstić information content (AvgIpc) is 3.20. The molecule has 1 aliphatic rings. The lowest BCUT2D eigenvalue weighted by atomic mass is 9.83. The fraction of sp³-hybridized carbons (Fsp3) is 0.696. The van der Waals surface area contributed by atoms with Crippen LogP contribution >= 0.6 is 24.0 Å². The second kappa shape index (κ2) is 14.2. The third-order valence-corrected chi connectivity index (χ3v) is 6.14. The van der Waals surface area contributed by atoms with Gasteiger partial charge in [0.1, 0.15) is 0 Å². The van der Waals surface area contributed by atoms with Crippen molar-refractivity contribution in [2.24, 2.45) is 10.4 Å². The minimum atomic E-state index is 0. The maximum absolute atomic E-state index is 5.34. The Hall–Kier alpha value is -0.860. The Balaban J connectivity index is 0.00000420. The fourth-order valence-corrected chi connectivity index (χ4v) is 4.10. The van der Waals surface area contributed by atoms with Crippen LogP contribution in [0.5, 0.6) is 0 Å². The zero-order chi connectivity index (χ0) is 20.2. The molecule has 0 aromatic heterocycles. The van der Waals surface area contributed by atoms with Crippen LogP contribution in [0.1, 0.15) is 57.1 Å². The Labute approximate surface area is 195 Å². The summed E-state index contributed by atoms with van der Waals surface area (Å²) in [6.45, 7) is 10.2. The lowest BCUT2D eigenvalue weighted by Gasteiger charge is -2.30. The summed E-state index contributed by atoms with van der Waals surface area (Å²) in [5, 5.41) is 7.02. The molecule has 0 heterocycles. The molecule has 0 unspecified atom stereocenters. The van der Waals surface area contributed by atoms with Crippen LogP contribution in [0, 0.1) is 5.41 Å². The number of nitrogens with zero attached hydrogens (tertiary/aromatic N) is 2. The van der Waals surface area contributed by atoms with Crippen molar-refractivity contribution in [3.8, 4) is 0 Å². The number of benzene rings is 1. The minimum Gasteiger partial charge on any atom is -0.385 e. The van der Waals surface area contributed by atoms with Gasteiger partial charge in [0.05, 0.1) is 0 Å². The van der Waals surface area contributed by atoms with Gasteiger partial charge in [0, 0.05) is 40.4 Å². The van der Waals surface area contributed by atoms with Gasteiger partial charge >= 0.3 is 0 Å². The first-order chi connectivity index (χ1) is 13.6. The van der Waals surface area contributed by atoms with E-state index in [1.807, 2.05) is 7.05 Å². The van der Waals surface area contributed by atoms with Crippen LogP contribution in [0.15, 0.2) is 29.3 Å². The molecule has 0 amide bonds. The Kier molecular flexibility index (Phi) is 12.8. The summed E-state index contributed by atoms with van der Waals surface area (Å²) in [7, 11) is 3.64. The van der Waals surface area contributed by atoms with E-state index in [1.54, 1.807) is 7.11 Å². The highest BCUT2D eigenvalue weighted by Crippen LogP contribution is 2.40. The van der Waals surface area contributed by atoms with Crippen molar-refractivity contribution >= 4 is 29.9 Å². The maximum Gasteiger partial charge on any atom is 0.191 e. The van der Waals surface area contributed by atoms with E-state index in [0.717, 1.165) is 51.7 Å². The van der Waals surface area contributed by atoms with E-state index >= 15 is 0 Å². The number of halogens is 1. The maximum atomic E-state index is 5.34. The smallest absolute Gasteiger partial charge is 0.191 e. The van der Waals surface area contributed by atoms with Crippen molar-refractivity contribution in [2.75, 3.05) is 40.4 Å². The van der Waals surface area contributed by atoms with Crippen molar-refractivity contribution < 1.29 is 4.74 Å². The average molecular weight is 517 g/mol. The first kappa shape index (κ1) is 26.2. The molecule has 0 spiro atoms. The zero-order valence-corrected chi connectivity index (χ0v) is 21.1. The van der Waals surface area contributed by atoms with Gasteiger partial charge in [0.15, 0.2) is 5.96 Å². The molecule has 1 aromatic rings.